The summed E-state index contributed by atoms with van der Waals surface area (Å²) in [4.78, 5) is 33.7. The van der Waals surface area contributed by atoms with Gasteiger partial charge in [-0.3, -0.25) is 14.2 Å². The number of rotatable bonds is 5. The number of benzene rings is 1. The van der Waals surface area contributed by atoms with Crippen LogP contribution in [-0.2, 0) is 22.4 Å². The van der Waals surface area contributed by atoms with Crippen LogP contribution < -0.4 is 5.56 Å². The van der Waals surface area contributed by atoms with E-state index >= 15 is 0 Å². The van der Waals surface area contributed by atoms with Crippen LogP contribution in [0.25, 0.3) is 15.9 Å². The average molecular weight is 483 g/mol. The average Bonchev–Trinajstić information content (AvgIpc) is 3.18. The standard InChI is InChI=1S/C26H30N2O3S2/c1-16-13-14-20-21(15-16)33-23-22(20)24(29)28(18-9-5-3-6-10-18)26(27-23)32-17(2)25(30)31-19-11-7-4-8-12-19/h3,5-6,9-10,16-17,19H,4,7-8,11-15H2,1-2H3. The smallest absolute Gasteiger partial charge is 0.319 e. The minimum absolute atomic E-state index is 0.0204. The van der Waals surface area contributed by atoms with Gasteiger partial charge in [0.2, 0.25) is 0 Å². The van der Waals surface area contributed by atoms with Gasteiger partial charge in [-0.2, -0.15) is 0 Å². The third-order valence-electron chi connectivity index (χ3n) is 6.76. The van der Waals surface area contributed by atoms with Crippen LogP contribution in [0, 0.1) is 5.92 Å². The molecule has 2 heterocycles. The summed E-state index contributed by atoms with van der Waals surface area (Å²) in [6, 6.07) is 9.62. The summed E-state index contributed by atoms with van der Waals surface area (Å²) >= 11 is 2.97. The van der Waals surface area contributed by atoms with E-state index in [0.717, 1.165) is 60.8 Å². The Kier molecular flexibility index (Phi) is 6.61. The topological polar surface area (TPSA) is 61.2 Å². The number of aryl methyl sites for hydroxylation is 1. The number of hydrogen-bond donors (Lipinski definition) is 0. The van der Waals surface area contributed by atoms with Crippen molar-refractivity contribution in [1.29, 1.82) is 0 Å². The molecule has 0 bridgehead atoms. The lowest BCUT2D eigenvalue weighted by Gasteiger charge is -2.23. The molecular weight excluding hydrogens is 452 g/mol. The maximum atomic E-state index is 13.8. The van der Waals surface area contributed by atoms with Gasteiger partial charge in [-0.1, -0.05) is 43.3 Å². The Morgan fingerprint density at radius 3 is 2.70 bits per heavy atom. The van der Waals surface area contributed by atoms with Crippen LogP contribution in [0.15, 0.2) is 40.3 Å². The summed E-state index contributed by atoms with van der Waals surface area (Å²) in [6.45, 7) is 4.12. The van der Waals surface area contributed by atoms with E-state index in [1.54, 1.807) is 15.9 Å². The van der Waals surface area contributed by atoms with Crippen LogP contribution in [-0.4, -0.2) is 26.9 Å². The number of aromatic nitrogens is 2. The van der Waals surface area contributed by atoms with Crippen molar-refractivity contribution in [3.8, 4) is 5.69 Å². The fourth-order valence-corrected chi connectivity index (χ4v) is 7.24. The predicted molar refractivity (Wildman–Crippen MR) is 135 cm³/mol. The van der Waals surface area contributed by atoms with Gasteiger partial charge in [0.15, 0.2) is 5.16 Å². The second-order valence-corrected chi connectivity index (χ2v) is 11.8. The number of fused-ring (bicyclic) bond motifs is 3. The summed E-state index contributed by atoms with van der Waals surface area (Å²) < 4.78 is 7.48. The number of esters is 1. The Bertz CT molecular complexity index is 1210. The highest BCUT2D eigenvalue weighted by molar-refractivity contribution is 8.00. The Morgan fingerprint density at radius 1 is 1.18 bits per heavy atom. The van der Waals surface area contributed by atoms with E-state index in [1.165, 1.54) is 28.6 Å². The van der Waals surface area contributed by atoms with Crippen LogP contribution in [0.2, 0.25) is 0 Å². The maximum absolute atomic E-state index is 13.8. The van der Waals surface area contributed by atoms with E-state index in [1.807, 2.05) is 37.3 Å². The van der Waals surface area contributed by atoms with Crippen LogP contribution >= 0.6 is 23.1 Å². The molecule has 7 heteroatoms. The molecule has 2 aliphatic rings. The maximum Gasteiger partial charge on any atom is 0.319 e. The molecule has 0 amide bonds. The first-order valence-corrected chi connectivity index (χ1v) is 13.7. The molecule has 0 saturated heterocycles. The monoisotopic (exact) mass is 482 g/mol. The van der Waals surface area contributed by atoms with Gasteiger partial charge in [0.05, 0.1) is 11.1 Å². The molecule has 174 valence electrons. The van der Waals surface area contributed by atoms with E-state index in [2.05, 4.69) is 6.92 Å². The zero-order valence-electron chi connectivity index (χ0n) is 19.2. The number of para-hydroxylation sites is 1. The summed E-state index contributed by atoms with van der Waals surface area (Å²) in [7, 11) is 0. The number of thioether (sulfide) groups is 1. The number of hydrogen-bond acceptors (Lipinski definition) is 6. The minimum atomic E-state index is -0.444. The van der Waals surface area contributed by atoms with E-state index in [0.29, 0.717) is 11.1 Å². The Morgan fingerprint density at radius 2 is 1.94 bits per heavy atom. The van der Waals surface area contributed by atoms with Crippen LogP contribution in [0.3, 0.4) is 0 Å². The van der Waals surface area contributed by atoms with Crippen molar-refractivity contribution in [1.82, 2.24) is 9.55 Å². The lowest BCUT2D eigenvalue weighted by atomic mass is 9.89. The van der Waals surface area contributed by atoms with E-state index in [4.69, 9.17) is 9.72 Å². The first-order valence-electron chi connectivity index (χ1n) is 12.0. The normalized spacial score (nSPS) is 19.9. The molecule has 0 spiro atoms. The summed E-state index contributed by atoms with van der Waals surface area (Å²) in [6.07, 6.45) is 8.40. The van der Waals surface area contributed by atoms with Crippen LogP contribution in [0.5, 0.6) is 0 Å². The molecule has 1 aromatic carbocycles. The van der Waals surface area contributed by atoms with Crippen molar-refractivity contribution in [3.63, 3.8) is 0 Å². The van der Waals surface area contributed by atoms with Crippen LogP contribution in [0.1, 0.15) is 62.8 Å². The van der Waals surface area contributed by atoms with Gasteiger partial charge in [0.1, 0.15) is 16.2 Å². The highest BCUT2D eigenvalue weighted by Crippen LogP contribution is 2.37. The molecule has 0 N–H and O–H groups in total. The molecule has 2 unspecified atom stereocenters. The number of ether oxygens (including phenoxy) is 1. The van der Waals surface area contributed by atoms with E-state index < -0.39 is 5.25 Å². The van der Waals surface area contributed by atoms with Gasteiger partial charge in [-0.05, 0) is 75.5 Å². The lowest BCUT2D eigenvalue weighted by molar-refractivity contribution is -0.149. The van der Waals surface area contributed by atoms with Crippen molar-refractivity contribution in [2.75, 3.05) is 0 Å². The number of carbonyl (C=O) groups excluding carboxylic acids is 1. The Balaban J connectivity index is 1.53. The summed E-state index contributed by atoms with van der Waals surface area (Å²) in [5.74, 6) is 0.408. The molecule has 2 atom stereocenters. The first-order chi connectivity index (χ1) is 16.0. The van der Waals surface area contributed by atoms with Gasteiger partial charge >= 0.3 is 5.97 Å². The van der Waals surface area contributed by atoms with Gasteiger partial charge in [-0.25, -0.2) is 4.98 Å². The minimum Gasteiger partial charge on any atom is -0.462 e. The third-order valence-corrected chi connectivity index (χ3v) is 8.94. The lowest BCUT2D eigenvalue weighted by Crippen LogP contribution is -2.27. The largest absolute Gasteiger partial charge is 0.462 e. The third kappa shape index (κ3) is 4.62. The van der Waals surface area contributed by atoms with Crippen LogP contribution in [0.4, 0.5) is 0 Å². The second-order valence-electron chi connectivity index (χ2n) is 9.36. The fourth-order valence-electron chi connectivity index (χ4n) is 4.90. The van der Waals surface area contributed by atoms with Crippen molar-refractivity contribution in [3.05, 3.63) is 51.1 Å². The van der Waals surface area contributed by atoms with Crippen molar-refractivity contribution < 1.29 is 9.53 Å². The molecule has 0 aliphatic heterocycles. The Labute approximate surface area is 202 Å². The molecule has 2 aliphatic carbocycles. The highest BCUT2D eigenvalue weighted by atomic mass is 32.2. The zero-order valence-corrected chi connectivity index (χ0v) is 20.8. The molecule has 5 nitrogen and oxygen atoms in total. The second kappa shape index (κ2) is 9.63. The highest BCUT2D eigenvalue weighted by Gasteiger charge is 2.28. The van der Waals surface area contributed by atoms with E-state index in [-0.39, 0.29) is 17.6 Å². The summed E-state index contributed by atoms with van der Waals surface area (Å²) in [5.41, 5.74) is 1.92. The number of nitrogens with zero attached hydrogens (tertiary/aromatic N) is 2. The van der Waals surface area contributed by atoms with Crippen molar-refractivity contribution in [2.45, 2.75) is 81.7 Å². The molecule has 1 fully saturated rings. The van der Waals surface area contributed by atoms with Gasteiger partial charge in [-0.15, -0.1) is 11.3 Å². The Hall–Kier alpha value is -2.12. The first kappa shape index (κ1) is 22.7. The van der Waals surface area contributed by atoms with Gasteiger partial charge in [0, 0.05) is 4.88 Å². The number of thiophene rings is 1. The molecule has 3 aromatic rings. The molecule has 33 heavy (non-hydrogen) atoms. The van der Waals surface area contributed by atoms with Crippen molar-refractivity contribution >= 4 is 39.3 Å². The molecule has 1 saturated carbocycles. The van der Waals surface area contributed by atoms with Crippen molar-refractivity contribution in [2.24, 2.45) is 5.92 Å². The van der Waals surface area contributed by atoms with Gasteiger partial charge < -0.3 is 4.74 Å². The SMILES string of the molecule is CC1CCc2c(sc3nc(SC(C)C(=O)OC4CCCCC4)n(-c4ccccc4)c(=O)c23)C1. The summed E-state index contributed by atoms with van der Waals surface area (Å²) in [5, 5.41) is 0.867. The zero-order chi connectivity index (χ0) is 22.9. The predicted octanol–water partition coefficient (Wildman–Crippen LogP) is 5.93. The molecule has 2 aromatic heterocycles. The molecule has 5 rings (SSSR count). The molecule has 0 radical (unpaired) electrons. The molecular formula is C26H30N2O3S2. The van der Waals surface area contributed by atoms with E-state index in [9.17, 15) is 9.59 Å². The van der Waals surface area contributed by atoms with Gasteiger partial charge in [0.25, 0.3) is 5.56 Å². The fraction of sp³-hybridized carbons (Fsp3) is 0.500. The number of carbonyl (C=O) groups is 1. The quantitative estimate of drug-likeness (QED) is 0.256.